The van der Waals surface area contributed by atoms with E-state index in [1.54, 1.807) is 13.8 Å². The fourth-order valence-electron chi connectivity index (χ4n) is 2.50. The van der Waals surface area contributed by atoms with E-state index in [2.05, 4.69) is 6.92 Å². The van der Waals surface area contributed by atoms with Crippen LogP contribution in [0.4, 0.5) is 0 Å². The molecule has 0 aliphatic carbocycles. The lowest BCUT2D eigenvalue weighted by Crippen LogP contribution is -2.37. The highest BCUT2D eigenvalue weighted by atomic mass is 16.2. The van der Waals surface area contributed by atoms with Crippen LogP contribution in [0.3, 0.4) is 0 Å². The Balaban J connectivity index is 2.39. The number of hydrogen-bond donors (Lipinski definition) is 0. The van der Waals surface area contributed by atoms with Crippen molar-refractivity contribution in [2.75, 3.05) is 6.54 Å². The molecule has 1 fully saturated rings. The Morgan fingerprint density at radius 3 is 2.53 bits per heavy atom. The molecule has 0 N–H and O–H groups in total. The van der Waals surface area contributed by atoms with Gasteiger partial charge in [-0.05, 0) is 26.2 Å². The molecule has 0 bridgehead atoms. The molecule has 0 radical (unpaired) electrons. The van der Waals surface area contributed by atoms with Crippen molar-refractivity contribution >= 4 is 11.7 Å². The first-order valence-corrected chi connectivity index (χ1v) is 5.54. The van der Waals surface area contributed by atoms with Gasteiger partial charge in [-0.2, -0.15) is 0 Å². The van der Waals surface area contributed by atoms with E-state index in [-0.39, 0.29) is 17.7 Å². The van der Waals surface area contributed by atoms with Gasteiger partial charge in [-0.3, -0.25) is 9.59 Å². The summed E-state index contributed by atoms with van der Waals surface area (Å²) < 4.78 is 0. The first-order chi connectivity index (χ1) is 7.02. The molecule has 0 unspecified atom stereocenters. The lowest BCUT2D eigenvalue weighted by Gasteiger charge is -2.24. The van der Waals surface area contributed by atoms with Crippen LogP contribution in [-0.4, -0.2) is 29.2 Å². The van der Waals surface area contributed by atoms with E-state index in [1.807, 2.05) is 4.90 Å². The maximum Gasteiger partial charge on any atom is 0.250 e. The molecule has 2 heterocycles. The van der Waals surface area contributed by atoms with Crippen molar-refractivity contribution in [3.8, 4) is 0 Å². The van der Waals surface area contributed by atoms with Crippen LogP contribution in [-0.2, 0) is 9.59 Å². The number of Topliss-reactive ketones (excluding diaryl/α,β-unsaturated/α-hetero) is 1. The van der Waals surface area contributed by atoms with E-state index >= 15 is 0 Å². The van der Waals surface area contributed by atoms with Gasteiger partial charge in [-0.25, -0.2) is 0 Å². The smallest absolute Gasteiger partial charge is 0.250 e. The van der Waals surface area contributed by atoms with Crippen molar-refractivity contribution < 1.29 is 9.59 Å². The Bertz CT molecular complexity index is 357. The minimum absolute atomic E-state index is 0.0627. The first kappa shape index (κ1) is 10.4. The van der Waals surface area contributed by atoms with E-state index in [0.29, 0.717) is 23.5 Å². The molecule has 1 saturated heterocycles. The molecular formula is C12H17NO2. The summed E-state index contributed by atoms with van der Waals surface area (Å²) in [5.74, 6) is 0.659. The predicted molar refractivity (Wildman–Crippen MR) is 57.3 cm³/mol. The van der Waals surface area contributed by atoms with E-state index in [4.69, 9.17) is 0 Å². The fraction of sp³-hybridized carbons (Fsp3) is 0.667. The first-order valence-electron chi connectivity index (χ1n) is 5.54. The highest BCUT2D eigenvalue weighted by molar-refractivity contribution is 6.07. The van der Waals surface area contributed by atoms with Crippen molar-refractivity contribution in [1.29, 1.82) is 0 Å². The van der Waals surface area contributed by atoms with Crippen LogP contribution in [0.1, 0.15) is 33.6 Å². The minimum atomic E-state index is 0.0627. The second kappa shape index (κ2) is 3.47. The molecule has 0 spiro atoms. The summed E-state index contributed by atoms with van der Waals surface area (Å²) >= 11 is 0. The number of fused-ring (bicyclic) bond motifs is 1. The Hall–Kier alpha value is -1.12. The molecule has 0 saturated carbocycles. The third-order valence-corrected chi connectivity index (χ3v) is 3.84. The van der Waals surface area contributed by atoms with Gasteiger partial charge < -0.3 is 4.90 Å². The summed E-state index contributed by atoms with van der Waals surface area (Å²) in [5.41, 5.74) is 1.29. The van der Waals surface area contributed by atoms with Crippen molar-refractivity contribution in [1.82, 2.24) is 4.90 Å². The maximum atomic E-state index is 12.0. The zero-order valence-corrected chi connectivity index (χ0v) is 9.54. The molecule has 0 aromatic rings. The lowest BCUT2D eigenvalue weighted by atomic mass is 9.96. The summed E-state index contributed by atoms with van der Waals surface area (Å²) in [6, 6.07) is 0.136. The second-order valence-corrected chi connectivity index (χ2v) is 4.71. The van der Waals surface area contributed by atoms with Crippen LogP contribution in [0.2, 0.25) is 0 Å². The molecular weight excluding hydrogens is 190 g/mol. The molecule has 2 rings (SSSR count). The highest BCUT2D eigenvalue weighted by Gasteiger charge is 2.39. The summed E-state index contributed by atoms with van der Waals surface area (Å²) in [4.78, 5) is 25.7. The number of hydrogen-bond acceptors (Lipinski definition) is 2. The van der Waals surface area contributed by atoms with Gasteiger partial charge in [-0.1, -0.05) is 6.92 Å². The third kappa shape index (κ3) is 1.50. The SMILES string of the molecule is CC1=C(C)C(=O)N2CC[C@H](C)[C@@H]2CC1=O. The molecule has 2 aliphatic heterocycles. The molecule has 15 heavy (non-hydrogen) atoms. The highest BCUT2D eigenvalue weighted by Crippen LogP contribution is 2.31. The monoisotopic (exact) mass is 207 g/mol. The Morgan fingerprint density at radius 2 is 1.87 bits per heavy atom. The molecule has 82 valence electrons. The van der Waals surface area contributed by atoms with E-state index in [1.165, 1.54) is 0 Å². The summed E-state index contributed by atoms with van der Waals surface area (Å²) in [6.45, 7) is 6.47. The van der Waals surface area contributed by atoms with Crippen LogP contribution in [0.15, 0.2) is 11.1 Å². The number of carbonyl (C=O) groups excluding carboxylic acids is 2. The van der Waals surface area contributed by atoms with Gasteiger partial charge in [0.25, 0.3) is 0 Å². The number of ketones is 1. The van der Waals surface area contributed by atoms with E-state index in [0.717, 1.165) is 13.0 Å². The summed E-state index contributed by atoms with van der Waals surface area (Å²) in [6.07, 6.45) is 1.53. The van der Waals surface area contributed by atoms with Crippen LogP contribution < -0.4 is 0 Å². The van der Waals surface area contributed by atoms with Crippen LogP contribution in [0, 0.1) is 5.92 Å². The third-order valence-electron chi connectivity index (χ3n) is 3.84. The van der Waals surface area contributed by atoms with Crippen LogP contribution in [0.25, 0.3) is 0 Å². The fourth-order valence-corrected chi connectivity index (χ4v) is 2.50. The average molecular weight is 207 g/mol. The van der Waals surface area contributed by atoms with Crippen molar-refractivity contribution in [2.24, 2.45) is 5.92 Å². The largest absolute Gasteiger partial charge is 0.335 e. The zero-order chi connectivity index (χ0) is 11.2. The molecule has 3 nitrogen and oxygen atoms in total. The molecule has 3 heteroatoms. The second-order valence-electron chi connectivity index (χ2n) is 4.71. The van der Waals surface area contributed by atoms with Crippen molar-refractivity contribution in [3.63, 3.8) is 0 Å². The van der Waals surface area contributed by atoms with Crippen molar-refractivity contribution in [3.05, 3.63) is 11.1 Å². The van der Waals surface area contributed by atoms with Gasteiger partial charge in [0.05, 0.1) is 0 Å². The molecule has 2 atom stereocenters. The van der Waals surface area contributed by atoms with Gasteiger partial charge in [0.15, 0.2) is 5.78 Å². The number of carbonyl (C=O) groups is 2. The summed E-state index contributed by atoms with van der Waals surface area (Å²) in [7, 11) is 0. The minimum Gasteiger partial charge on any atom is -0.335 e. The summed E-state index contributed by atoms with van der Waals surface area (Å²) in [5, 5.41) is 0. The van der Waals surface area contributed by atoms with Gasteiger partial charge >= 0.3 is 0 Å². The predicted octanol–water partition coefficient (Wildman–Crippen LogP) is 1.53. The number of nitrogens with zero attached hydrogens (tertiary/aromatic N) is 1. The zero-order valence-electron chi connectivity index (χ0n) is 9.54. The average Bonchev–Trinajstić information content (AvgIpc) is 2.54. The van der Waals surface area contributed by atoms with E-state index < -0.39 is 0 Å². The molecule has 2 aliphatic rings. The van der Waals surface area contributed by atoms with Gasteiger partial charge in [0, 0.05) is 30.2 Å². The molecule has 0 aromatic heterocycles. The number of amides is 1. The van der Waals surface area contributed by atoms with Crippen LogP contribution in [0.5, 0.6) is 0 Å². The van der Waals surface area contributed by atoms with Gasteiger partial charge in [0.2, 0.25) is 5.91 Å². The van der Waals surface area contributed by atoms with Gasteiger partial charge in [-0.15, -0.1) is 0 Å². The lowest BCUT2D eigenvalue weighted by molar-refractivity contribution is -0.128. The van der Waals surface area contributed by atoms with E-state index in [9.17, 15) is 9.59 Å². The number of rotatable bonds is 0. The Morgan fingerprint density at radius 1 is 1.20 bits per heavy atom. The van der Waals surface area contributed by atoms with Crippen LogP contribution >= 0.6 is 0 Å². The Labute approximate surface area is 90.1 Å². The molecule has 1 amide bonds. The number of allylic oxidation sites excluding steroid dienone is 1. The quantitative estimate of drug-likeness (QED) is 0.604. The molecule has 0 aromatic carbocycles. The maximum absolute atomic E-state index is 12.0. The normalized spacial score (nSPS) is 32.1. The van der Waals surface area contributed by atoms with Crippen molar-refractivity contribution in [2.45, 2.75) is 39.7 Å². The standard InChI is InChI=1S/C12H17NO2/c1-7-4-5-13-10(7)6-11(14)8(2)9(3)12(13)15/h7,10H,4-6H2,1-3H3/t7-,10-/m0/s1. The topological polar surface area (TPSA) is 37.4 Å². The Kier molecular flexibility index (Phi) is 2.41. The van der Waals surface area contributed by atoms with Gasteiger partial charge in [0.1, 0.15) is 0 Å².